The Balaban J connectivity index is 2.09. The molecule has 0 saturated carbocycles. The van der Waals surface area contributed by atoms with Crippen molar-refractivity contribution in [3.05, 3.63) is 70.5 Å². The molecule has 22 heavy (non-hydrogen) atoms. The summed E-state index contributed by atoms with van der Waals surface area (Å²) in [5.74, 6) is -0.884. The Morgan fingerprint density at radius 3 is 2.41 bits per heavy atom. The van der Waals surface area contributed by atoms with Crippen LogP contribution in [0, 0.1) is 5.82 Å². The van der Waals surface area contributed by atoms with Crippen molar-refractivity contribution >= 4 is 11.9 Å². The van der Waals surface area contributed by atoms with Gasteiger partial charge in [0.25, 0.3) is 5.91 Å². The second-order valence-electron chi connectivity index (χ2n) is 5.62. The maximum absolute atomic E-state index is 13.8. The van der Waals surface area contributed by atoms with Crippen molar-refractivity contribution in [1.82, 2.24) is 10.6 Å². The number of hydrogen-bond acceptors (Lipinski definition) is 2. The minimum absolute atomic E-state index is 0.425. The number of fused-ring (bicyclic) bond motifs is 4. The maximum Gasteiger partial charge on any atom is 0.322 e. The van der Waals surface area contributed by atoms with Gasteiger partial charge in [-0.05, 0) is 47.2 Å². The van der Waals surface area contributed by atoms with Crippen molar-refractivity contribution in [2.24, 2.45) is 0 Å². The molecule has 0 radical (unpaired) electrons. The first-order valence-corrected chi connectivity index (χ1v) is 7.12. The van der Waals surface area contributed by atoms with E-state index in [9.17, 15) is 14.0 Å². The van der Waals surface area contributed by atoms with E-state index < -0.39 is 23.3 Å². The van der Waals surface area contributed by atoms with Gasteiger partial charge in [0.15, 0.2) is 5.54 Å². The summed E-state index contributed by atoms with van der Waals surface area (Å²) in [6.07, 6.45) is 1.43. The van der Waals surface area contributed by atoms with Crippen molar-refractivity contribution < 1.29 is 14.0 Å². The number of aryl methyl sites for hydroxylation is 2. The minimum Gasteiger partial charge on any atom is -0.316 e. The molecule has 2 N–H and O–H groups in total. The Morgan fingerprint density at radius 2 is 1.68 bits per heavy atom. The number of rotatable bonds is 0. The van der Waals surface area contributed by atoms with Gasteiger partial charge in [-0.1, -0.05) is 30.3 Å². The Hall–Kier alpha value is -2.69. The first kappa shape index (κ1) is 13.0. The van der Waals surface area contributed by atoms with Gasteiger partial charge in [0.1, 0.15) is 5.82 Å². The molecule has 0 aromatic heterocycles. The van der Waals surface area contributed by atoms with Gasteiger partial charge in [0, 0.05) is 0 Å². The average molecular weight is 296 g/mol. The number of carbonyl (C=O) groups excluding carboxylic acids is 2. The molecular weight excluding hydrogens is 283 g/mol. The van der Waals surface area contributed by atoms with Crippen LogP contribution in [0.25, 0.3) is 0 Å². The molecule has 1 fully saturated rings. The van der Waals surface area contributed by atoms with E-state index in [0.29, 0.717) is 17.5 Å². The van der Waals surface area contributed by atoms with Crippen LogP contribution in [0.15, 0.2) is 42.5 Å². The summed E-state index contributed by atoms with van der Waals surface area (Å²) < 4.78 is 13.8. The van der Waals surface area contributed by atoms with Crippen LogP contribution in [-0.2, 0) is 23.2 Å². The van der Waals surface area contributed by atoms with Crippen LogP contribution in [0.1, 0.15) is 22.3 Å². The number of amides is 3. The molecule has 5 heteroatoms. The Kier molecular flexibility index (Phi) is 2.60. The van der Waals surface area contributed by atoms with Crippen LogP contribution in [0.2, 0.25) is 0 Å². The van der Waals surface area contributed by atoms with E-state index in [2.05, 4.69) is 10.6 Å². The van der Waals surface area contributed by atoms with Crippen LogP contribution in [-0.4, -0.2) is 11.9 Å². The number of benzene rings is 2. The fraction of sp³-hybridized carbons (Fsp3) is 0.176. The zero-order valence-electron chi connectivity index (χ0n) is 11.7. The average Bonchev–Trinajstić information content (AvgIpc) is 2.73. The van der Waals surface area contributed by atoms with Crippen LogP contribution < -0.4 is 10.6 Å². The number of imide groups is 1. The lowest BCUT2D eigenvalue weighted by atomic mass is 9.80. The lowest BCUT2D eigenvalue weighted by Gasteiger charge is -2.29. The molecule has 2 aliphatic rings. The highest BCUT2D eigenvalue weighted by molar-refractivity contribution is 6.10. The Labute approximate surface area is 126 Å². The number of halogens is 1. The fourth-order valence-corrected chi connectivity index (χ4v) is 3.47. The monoisotopic (exact) mass is 296 g/mol. The summed E-state index contributed by atoms with van der Waals surface area (Å²) in [5.41, 5.74) is 1.73. The van der Waals surface area contributed by atoms with E-state index in [0.717, 1.165) is 17.5 Å². The van der Waals surface area contributed by atoms with Gasteiger partial charge in [-0.25, -0.2) is 9.18 Å². The summed E-state index contributed by atoms with van der Waals surface area (Å²) in [6, 6.07) is 11.4. The number of carbonyl (C=O) groups is 2. The van der Waals surface area contributed by atoms with Gasteiger partial charge < -0.3 is 5.32 Å². The third kappa shape index (κ3) is 1.62. The van der Waals surface area contributed by atoms with Gasteiger partial charge in [-0.3, -0.25) is 10.1 Å². The van der Waals surface area contributed by atoms with E-state index in [4.69, 9.17) is 0 Å². The third-order valence-electron chi connectivity index (χ3n) is 4.43. The second kappa shape index (κ2) is 4.40. The van der Waals surface area contributed by atoms with E-state index >= 15 is 0 Å². The molecule has 1 heterocycles. The largest absolute Gasteiger partial charge is 0.322 e. The zero-order chi connectivity index (χ0) is 15.3. The maximum atomic E-state index is 13.8. The van der Waals surface area contributed by atoms with Crippen LogP contribution in [0.3, 0.4) is 0 Å². The third-order valence-corrected chi connectivity index (χ3v) is 4.43. The highest BCUT2D eigenvalue weighted by Crippen LogP contribution is 2.40. The molecule has 2 aromatic carbocycles. The first-order chi connectivity index (χ1) is 10.6. The van der Waals surface area contributed by atoms with Gasteiger partial charge in [-0.2, -0.15) is 0 Å². The SMILES string of the molecule is O=C1NC(=O)C2(N1)c1ccccc1CCc1ccc(F)cc12. The molecule has 1 saturated heterocycles. The molecule has 110 valence electrons. The Morgan fingerprint density at radius 1 is 0.955 bits per heavy atom. The van der Waals surface area contributed by atoms with Crippen LogP contribution in [0.4, 0.5) is 9.18 Å². The zero-order valence-corrected chi connectivity index (χ0v) is 11.7. The highest BCUT2D eigenvalue weighted by Gasteiger charge is 2.52. The quantitative estimate of drug-likeness (QED) is 0.731. The van der Waals surface area contributed by atoms with Crippen molar-refractivity contribution in [3.63, 3.8) is 0 Å². The number of hydrogen-bond donors (Lipinski definition) is 2. The van der Waals surface area contributed by atoms with E-state index in [1.807, 2.05) is 24.3 Å². The molecule has 1 aliphatic heterocycles. The molecule has 4 rings (SSSR count). The predicted octanol–water partition coefficient (Wildman–Crippen LogP) is 2.01. The van der Waals surface area contributed by atoms with Gasteiger partial charge in [0.2, 0.25) is 0 Å². The summed E-state index contributed by atoms with van der Waals surface area (Å²) in [6.45, 7) is 0. The normalized spacial score (nSPS) is 22.6. The lowest BCUT2D eigenvalue weighted by Crippen LogP contribution is -2.45. The predicted molar refractivity (Wildman–Crippen MR) is 77.7 cm³/mol. The summed E-state index contributed by atoms with van der Waals surface area (Å²) >= 11 is 0. The van der Waals surface area contributed by atoms with Gasteiger partial charge in [-0.15, -0.1) is 0 Å². The molecule has 1 aliphatic carbocycles. The highest BCUT2D eigenvalue weighted by atomic mass is 19.1. The van der Waals surface area contributed by atoms with E-state index in [-0.39, 0.29) is 0 Å². The van der Waals surface area contributed by atoms with Gasteiger partial charge in [0.05, 0.1) is 0 Å². The minimum atomic E-state index is -1.35. The van der Waals surface area contributed by atoms with E-state index in [1.165, 1.54) is 12.1 Å². The number of urea groups is 1. The van der Waals surface area contributed by atoms with Gasteiger partial charge >= 0.3 is 6.03 Å². The van der Waals surface area contributed by atoms with Crippen molar-refractivity contribution in [2.75, 3.05) is 0 Å². The van der Waals surface area contributed by atoms with Crippen molar-refractivity contribution in [1.29, 1.82) is 0 Å². The molecule has 1 unspecified atom stereocenters. The van der Waals surface area contributed by atoms with Crippen LogP contribution >= 0.6 is 0 Å². The molecule has 1 spiro atoms. The van der Waals surface area contributed by atoms with Crippen molar-refractivity contribution in [2.45, 2.75) is 18.4 Å². The van der Waals surface area contributed by atoms with E-state index in [1.54, 1.807) is 6.07 Å². The molecule has 3 amide bonds. The summed E-state index contributed by atoms with van der Waals surface area (Å²) in [5, 5.41) is 5.03. The number of nitrogens with one attached hydrogen (secondary N) is 2. The van der Waals surface area contributed by atoms with Crippen LogP contribution in [0.5, 0.6) is 0 Å². The summed E-state index contributed by atoms with van der Waals surface area (Å²) in [4.78, 5) is 24.4. The first-order valence-electron chi connectivity index (χ1n) is 7.12. The second-order valence-corrected chi connectivity index (χ2v) is 5.62. The molecule has 0 bridgehead atoms. The molecule has 2 aromatic rings. The molecule has 1 atom stereocenters. The van der Waals surface area contributed by atoms with Crippen molar-refractivity contribution in [3.8, 4) is 0 Å². The standard InChI is InChI=1S/C17H13FN2O2/c18-12-8-7-11-6-5-10-3-1-2-4-13(10)17(14(11)9-12)15(21)19-16(22)20-17/h1-4,7-9H,5-6H2,(H2,19,20,21,22). The molecule has 4 nitrogen and oxygen atoms in total. The summed E-state index contributed by atoms with van der Waals surface area (Å²) in [7, 11) is 0. The smallest absolute Gasteiger partial charge is 0.316 e. The lowest BCUT2D eigenvalue weighted by molar-refractivity contribution is -0.122. The Bertz CT molecular complexity index is 818. The topological polar surface area (TPSA) is 58.2 Å². The molecular formula is C17H13FN2O2. The fourth-order valence-electron chi connectivity index (χ4n) is 3.47.